The van der Waals surface area contributed by atoms with Crippen LogP contribution in [0.2, 0.25) is 5.02 Å². The first-order valence-electron chi connectivity index (χ1n) is 7.95. The third-order valence-corrected chi connectivity index (χ3v) is 3.92. The number of halogens is 1. The Labute approximate surface area is 150 Å². The van der Waals surface area contributed by atoms with Gasteiger partial charge in [-0.15, -0.1) is 10.2 Å². The molecule has 0 unspecified atom stereocenters. The zero-order chi connectivity index (χ0) is 17.8. The van der Waals surface area contributed by atoms with Crippen molar-refractivity contribution in [2.24, 2.45) is 0 Å². The number of tetrazole rings is 1. The topological polar surface area (TPSA) is 72.7 Å². The maximum absolute atomic E-state index is 12.1. The SMILES string of the molecule is CC(C)c1ccc(-c2nnn(CC(=O)Nc3cccc(Cl)c3)n2)cc1. The molecule has 0 aliphatic rings. The third kappa shape index (κ3) is 4.42. The van der Waals surface area contributed by atoms with Crippen LogP contribution >= 0.6 is 11.6 Å². The average molecular weight is 356 g/mol. The first-order valence-corrected chi connectivity index (χ1v) is 8.32. The number of nitrogens with one attached hydrogen (secondary N) is 1. The second kappa shape index (κ2) is 7.44. The fourth-order valence-electron chi connectivity index (χ4n) is 2.34. The van der Waals surface area contributed by atoms with Crippen LogP contribution in [0.5, 0.6) is 0 Å². The van der Waals surface area contributed by atoms with E-state index in [9.17, 15) is 4.79 Å². The molecule has 0 aliphatic heterocycles. The van der Waals surface area contributed by atoms with Gasteiger partial charge in [-0.05, 0) is 34.9 Å². The molecule has 0 saturated heterocycles. The monoisotopic (exact) mass is 355 g/mol. The van der Waals surface area contributed by atoms with Crippen LogP contribution in [-0.4, -0.2) is 26.1 Å². The van der Waals surface area contributed by atoms with Gasteiger partial charge < -0.3 is 5.32 Å². The van der Waals surface area contributed by atoms with E-state index in [-0.39, 0.29) is 12.5 Å². The number of hydrogen-bond donors (Lipinski definition) is 1. The Morgan fingerprint density at radius 1 is 1.20 bits per heavy atom. The normalized spacial score (nSPS) is 10.9. The van der Waals surface area contributed by atoms with Gasteiger partial charge in [0.2, 0.25) is 11.7 Å². The number of anilines is 1. The van der Waals surface area contributed by atoms with Crippen LogP contribution in [0, 0.1) is 0 Å². The molecular formula is C18H18ClN5O. The van der Waals surface area contributed by atoms with Crippen molar-refractivity contribution in [1.82, 2.24) is 20.2 Å². The van der Waals surface area contributed by atoms with E-state index in [0.717, 1.165) is 5.56 Å². The number of carbonyl (C=O) groups excluding carboxylic acids is 1. The van der Waals surface area contributed by atoms with Gasteiger partial charge in [0, 0.05) is 16.3 Å². The zero-order valence-corrected chi connectivity index (χ0v) is 14.7. The molecule has 0 fully saturated rings. The number of aromatic nitrogens is 4. The van der Waals surface area contributed by atoms with Crippen LogP contribution in [0.4, 0.5) is 5.69 Å². The van der Waals surface area contributed by atoms with E-state index in [2.05, 4.69) is 34.6 Å². The minimum atomic E-state index is -0.249. The average Bonchev–Trinajstić information content (AvgIpc) is 3.03. The summed E-state index contributed by atoms with van der Waals surface area (Å²) < 4.78 is 0. The molecule has 2 aromatic carbocycles. The Bertz CT molecular complexity index is 873. The summed E-state index contributed by atoms with van der Waals surface area (Å²) in [4.78, 5) is 13.3. The lowest BCUT2D eigenvalue weighted by Crippen LogP contribution is -2.20. The predicted octanol–water partition coefficient (Wildman–Crippen LogP) is 3.76. The maximum atomic E-state index is 12.1. The number of amides is 1. The van der Waals surface area contributed by atoms with Crippen molar-refractivity contribution >= 4 is 23.2 Å². The predicted molar refractivity (Wildman–Crippen MR) is 97.4 cm³/mol. The number of nitrogens with zero attached hydrogens (tertiary/aromatic N) is 4. The van der Waals surface area contributed by atoms with E-state index in [1.165, 1.54) is 10.4 Å². The van der Waals surface area contributed by atoms with E-state index in [1.807, 2.05) is 24.3 Å². The Morgan fingerprint density at radius 2 is 1.96 bits per heavy atom. The fourth-order valence-corrected chi connectivity index (χ4v) is 2.53. The highest BCUT2D eigenvalue weighted by Crippen LogP contribution is 2.19. The molecule has 1 heterocycles. The lowest BCUT2D eigenvalue weighted by atomic mass is 10.0. The van der Waals surface area contributed by atoms with Crippen LogP contribution in [-0.2, 0) is 11.3 Å². The summed E-state index contributed by atoms with van der Waals surface area (Å²) in [6, 6.07) is 15.0. The smallest absolute Gasteiger partial charge is 0.248 e. The Kier molecular flexibility index (Phi) is 5.09. The van der Waals surface area contributed by atoms with Gasteiger partial charge in [-0.1, -0.05) is 55.8 Å². The summed E-state index contributed by atoms with van der Waals surface area (Å²) in [5.41, 5.74) is 2.74. The Balaban J connectivity index is 1.66. The molecule has 128 valence electrons. The summed E-state index contributed by atoms with van der Waals surface area (Å²) in [5.74, 6) is 0.708. The molecule has 0 aliphatic carbocycles. The molecule has 1 amide bonds. The van der Waals surface area contributed by atoms with Gasteiger partial charge in [0.1, 0.15) is 6.54 Å². The van der Waals surface area contributed by atoms with Crippen molar-refractivity contribution < 1.29 is 4.79 Å². The number of benzene rings is 2. The number of carbonyl (C=O) groups is 1. The van der Waals surface area contributed by atoms with E-state index in [4.69, 9.17) is 11.6 Å². The van der Waals surface area contributed by atoms with Crippen molar-refractivity contribution in [2.45, 2.75) is 26.3 Å². The minimum Gasteiger partial charge on any atom is -0.324 e. The lowest BCUT2D eigenvalue weighted by molar-refractivity contribution is -0.117. The number of hydrogen-bond acceptors (Lipinski definition) is 4. The van der Waals surface area contributed by atoms with Crippen LogP contribution in [0.25, 0.3) is 11.4 Å². The molecule has 0 bridgehead atoms. The van der Waals surface area contributed by atoms with Crippen molar-refractivity contribution in [1.29, 1.82) is 0 Å². The molecule has 0 radical (unpaired) electrons. The fraction of sp³-hybridized carbons (Fsp3) is 0.222. The second-order valence-corrected chi connectivity index (χ2v) is 6.42. The van der Waals surface area contributed by atoms with Gasteiger partial charge in [-0.25, -0.2) is 0 Å². The summed E-state index contributed by atoms with van der Waals surface area (Å²) >= 11 is 5.90. The van der Waals surface area contributed by atoms with E-state index in [0.29, 0.717) is 22.5 Å². The van der Waals surface area contributed by atoms with Crippen LogP contribution in [0.15, 0.2) is 48.5 Å². The van der Waals surface area contributed by atoms with Crippen LogP contribution in [0.1, 0.15) is 25.3 Å². The van der Waals surface area contributed by atoms with Gasteiger partial charge >= 0.3 is 0 Å². The second-order valence-electron chi connectivity index (χ2n) is 5.98. The van der Waals surface area contributed by atoms with Gasteiger partial charge in [0.05, 0.1) is 0 Å². The van der Waals surface area contributed by atoms with E-state index < -0.39 is 0 Å². The summed E-state index contributed by atoms with van der Waals surface area (Å²) in [7, 11) is 0. The summed E-state index contributed by atoms with van der Waals surface area (Å²) in [6.45, 7) is 4.26. The number of rotatable bonds is 5. The first kappa shape index (κ1) is 17.1. The van der Waals surface area contributed by atoms with Crippen molar-refractivity contribution in [2.75, 3.05) is 5.32 Å². The largest absolute Gasteiger partial charge is 0.324 e. The van der Waals surface area contributed by atoms with Gasteiger partial charge in [0.15, 0.2) is 0 Å². The van der Waals surface area contributed by atoms with Crippen molar-refractivity contribution in [3.05, 3.63) is 59.1 Å². The standard InChI is InChI=1S/C18H18ClN5O/c1-12(2)13-6-8-14(9-7-13)18-21-23-24(22-18)11-17(25)20-16-5-3-4-15(19)10-16/h3-10,12H,11H2,1-2H3,(H,20,25). The minimum absolute atomic E-state index is 0.0242. The highest BCUT2D eigenvalue weighted by atomic mass is 35.5. The molecule has 3 rings (SSSR count). The molecule has 0 spiro atoms. The van der Waals surface area contributed by atoms with Crippen LogP contribution < -0.4 is 5.32 Å². The van der Waals surface area contributed by atoms with Crippen molar-refractivity contribution in [3.63, 3.8) is 0 Å². The highest BCUT2D eigenvalue weighted by molar-refractivity contribution is 6.30. The maximum Gasteiger partial charge on any atom is 0.248 e. The molecule has 3 aromatic rings. The van der Waals surface area contributed by atoms with E-state index in [1.54, 1.807) is 24.3 Å². The third-order valence-electron chi connectivity index (χ3n) is 3.68. The van der Waals surface area contributed by atoms with Gasteiger partial charge in [-0.2, -0.15) is 4.80 Å². The molecule has 1 N–H and O–H groups in total. The molecule has 0 atom stereocenters. The molecule has 25 heavy (non-hydrogen) atoms. The Morgan fingerprint density at radius 3 is 2.64 bits per heavy atom. The van der Waals surface area contributed by atoms with Crippen LogP contribution in [0.3, 0.4) is 0 Å². The quantitative estimate of drug-likeness (QED) is 0.756. The molecule has 7 heteroatoms. The molecule has 6 nitrogen and oxygen atoms in total. The first-order chi connectivity index (χ1) is 12.0. The van der Waals surface area contributed by atoms with Crippen molar-refractivity contribution in [3.8, 4) is 11.4 Å². The summed E-state index contributed by atoms with van der Waals surface area (Å²) in [6.07, 6.45) is 0. The van der Waals surface area contributed by atoms with Gasteiger partial charge in [0.25, 0.3) is 0 Å². The lowest BCUT2D eigenvalue weighted by Gasteiger charge is -2.05. The molecule has 0 saturated carbocycles. The van der Waals surface area contributed by atoms with E-state index >= 15 is 0 Å². The summed E-state index contributed by atoms with van der Waals surface area (Å²) in [5, 5.41) is 15.5. The Hall–Kier alpha value is -2.73. The van der Waals surface area contributed by atoms with Gasteiger partial charge in [-0.3, -0.25) is 4.79 Å². The zero-order valence-electron chi connectivity index (χ0n) is 14.0. The molecule has 1 aromatic heterocycles. The molecular weight excluding hydrogens is 338 g/mol. The highest BCUT2D eigenvalue weighted by Gasteiger charge is 2.10.